The van der Waals surface area contributed by atoms with Gasteiger partial charge in [0.05, 0.1) is 10.2 Å². The largest absolute Gasteiger partial charge is 0.431 e. The monoisotopic (exact) mass is 437 g/mol. The van der Waals surface area contributed by atoms with Crippen molar-refractivity contribution in [3.05, 3.63) is 54.1 Å². The number of aromatic nitrogens is 1. The molecule has 0 N–H and O–H groups in total. The molecule has 2 aromatic carbocycles. The lowest BCUT2D eigenvalue weighted by Gasteiger charge is -2.35. The topological polar surface area (TPSA) is 54.9 Å². The van der Waals surface area contributed by atoms with Gasteiger partial charge in [-0.3, -0.25) is 9.69 Å². The zero-order chi connectivity index (χ0) is 21.0. The predicted octanol–water partition coefficient (Wildman–Crippen LogP) is 3.95. The molecule has 1 atom stereocenters. The lowest BCUT2D eigenvalue weighted by Crippen LogP contribution is -2.51. The van der Waals surface area contributed by atoms with Gasteiger partial charge in [-0.1, -0.05) is 35.6 Å². The molecule has 0 spiro atoms. The molecule has 2 aliphatic heterocycles. The van der Waals surface area contributed by atoms with Gasteiger partial charge in [-0.05, 0) is 49.1 Å². The first kappa shape index (κ1) is 20.4. The molecule has 3 aromatic rings. The fraction of sp³-hybridized carbons (Fsp3) is 0.417. The van der Waals surface area contributed by atoms with Gasteiger partial charge in [-0.15, -0.1) is 0 Å². The van der Waals surface area contributed by atoms with Crippen LogP contribution in [0.5, 0.6) is 10.9 Å². The Morgan fingerprint density at radius 3 is 2.65 bits per heavy atom. The fourth-order valence-electron chi connectivity index (χ4n) is 4.17. The van der Waals surface area contributed by atoms with Gasteiger partial charge in [0.1, 0.15) is 11.9 Å². The number of fused-ring (bicyclic) bond motifs is 1. The van der Waals surface area contributed by atoms with Crippen LogP contribution in [0.2, 0.25) is 0 Å². The molecular formula is C24H27N3O3S. The van der Waals surface area contributed by atoms with Crippen LogP contribution in [0, 0.1) is 0 Å². The molecule has 2 aliphatic rings. The summed E-state index contributed by atoms with van der Waals surface area (Å²) >= 11 is 1.56. The van der Waals surface area contributed by atoms with E-state index < -0.39 is 0 Å². The van der Waals surface area contributed by atoms with Crippen LogP contribution < -0.4 is 4.74 Å². The second-order valence-corrected chi connectivity index (χ2v) is 9.11. The minimum Gasteiger partial charge on any atom is -0.431 e. The summed E-state index contributed by atoms with van der Waals surface area (Å²) in [6.07, 6.45) is 2.66. The Balaban J connectivity index is 1.08. The minimum atomic E-state index is -0.199. The summed E-state index contributed by atoms with van der Waals surface area (Å²) in [5, 5.41) is 0.671. The van der Waals surface area contributed by atoms with Crippen molar-refractivity contribution in [3.8, 4) is 10.9 Å². The third-order valence-corrected chi connectivity index (χ3v) is 6.92. The smallest absolute Gasteiger partial charge is 0.279 e. The molecule has 0 aliphatic carbocycles. The Labute approximate surface area is 186 Å². The van der Waals surface area contributed by atoms with E-state index in [2.05, 4.69) is 28.1 Å². The zero-order valence-electron chi connectivity index (χ0n) is 17.5. The average molecular weight is 438 g/mol. The van der Waals surface area contributed by atoms with Gasteiger partial charge in [0.15, 0.2) is 0 Å². The van der Waals surface area contributed by atoms with Gasteiger partial charge in [0, 0.05) is 39.3 Å². The highest BCUT2D eigenvalue weighted by atomic mass is 32.1. The van der Waals surface area contributed by atoms with Crippen LogP contribution in [-0.4, -0.2) is 66.1 Å². The van der Waals surface area contributed by atoms with Crippen molar-refractivity contribution in [2.75, 3.05) is 39.3 Å². The van der Waals surface area contributed by atoms with Crippen molar-refractivity contribution in [3.63, 3.8) is 0 Å². The quantitative estimate of drug-likeness (QED) is 0.584. The number of carbonyl (C=O) groups excluding carboxylic acids is 1. The van der Waals surface area contributed by atoms with Crippen molar-refractivity contribution in [1.82, 2.24) is 14.8 Å². The number of carbonyl (C=O) groups is 1. The first-order chi connectivity index (χ1) is 15.2. The summed E-state index contributed by atoms with van der Waals surface area (Å²) in [5.41, 5.74) is 2.26. The standard InChI is InChI=1S/C24H27N3O3S/c28-23(21-5-3-17-29-21)27-15-13-26(14-16-27)12-11-18-7-9-19(10-8-18)30-24-25-20-4-1-2-6-22(20)31-24/h1-2,4,6-10,21H,3,5,11-17H2/t21-/m0/s1. The Morgan fingerprint density at radius 2 is 1.90 bits per heavy atom. The number of thiazole rings is 1. The van der Waals surface area contributed by atoms with Crippen LogP contribution >= 0.6 is 11.3 Å². The van der Waals surface area contributed by atoms with Gasteiger partial charge < -0.3 is 14.4 Å². The van der Waals surface area contributed by atoms with E-state index in [0.717, 1.165) is 74.6 Å². The summed E-state index contributed by atoms with van der Waals surface area (Å²) < 4.78 is 12.6. The molecule has 0 unspecified atom stereocenters. The summed E-state index contributed by atoms with van der Waals surface area (Å²) in [5.74, 6) is 0.991. The Hall–Kier alpha value is -2.48. The molecule has 3 heterocycles. The molecule has 31 heavy (non-hydrogen) atoms. The number of rotatable bonds is 6. The van der Waals surface area contributed by atoms with Crippen LogP contribution in [0.3, 0.4) is 0 Å². The van der Waals surface area contributed by atoms with Gasteiger partial charge in [-0.2, -0.15) is 0 Å². The summed E-state index contributed by atoms with van der Waals surface area (Å²) in [6, 6.07) is 16.3. The lowest BCUT2D eigenvalue weighted by atomic mass is 10.1. The Morgan fingerprint density at radius 1 is 1.10 bits per heavy atom. The van der Waals surface area contributed by atoms with Crippen molar-refractivity contribution in [1.29, 1.82) is 0 Å². The van der Waals surface area contributed by atoms with Crippen LogP contribution in [0.15, 0.2) is 48.5 Å². The molecule has 0 saturated carbocycles. The Kier molecular flexibility index (Phi) is 6.15. The number of amides is 1. The first-order valence-corrected chi connectivity index (χ1v) is 11.8. The van der Waals surface area contributed by atoms with Gasteiger partial charge in [0.25, 0.3) is 11.1 Å². The molecular weight excluding hydrogens is 410 g/mol. The van der Waals surface area contributed by atoms with Crippen molar-refractivity contribution in [2.24, 2.45) is 0 Å². The molecule has 5 rings (SSSR count). The first-order valence-electron chi connectivity index (χ1n) is 11.0. The molecule has 6 nitrogen and oxygen atoms in total. The fourth-order valence-corrected chi connectivity index (χ4v) is 5.01. The van der Waals surface area contributed by atoms with Crippen LogP contribution in [0.25, 0.3) is 10.2 Å². The molecule has 1 aromatic heterocycles. The number of nitrogens with zero attached hydrogens (tertiary/aromatic N) is 3. The summed E-state index contributed by atoms with van der Waals surface area (Å²) in [6.45, 7) is 5.18. The number of ether oxygens (including phenoxy) is 2. The van der Waals surface area contributed by atoms with Crippen LogP contribution in [0.1, 0.15) is 18.4 Å². The van der Waals surface area contributed by atoms with Gasteiger partial charge in [-0.25, -0.2) is 4.98 Å². The highest BCUT2D eigenvalue weighted by molar-refractivity contribution is 7.20. The van der Waals surface area contributed by atoms with Crippen molar-refractivity contribution < 1.29 is 14.3 Å². The number of piperazine rings is 1. The summed E-state index contributed by atoms with van der Waals surface area (Å²) in [4.78, 5) is 21.4. The molecule has 162 valence electrons. The van der Waals surface area contributed by atoms with E-state index in [1.807, 2.05) is 35.2 Å². The predicted molar refractivity (Wildman–Crippen MR) is 122 cm³/mol. The SMILES string of the molecule is O=C([C@@H]1CCCO1)N1CCN(CCc2ccc(Oc3nc4ccccc4s3)cc2)CC1. The maximum absolute atomic E-state index is 12.5. The van der Waals surface area contributed by atoms with Crippen LogP contribution in [-0.2, 0) is 16.0 Å². The van der Waals surface area contributed by atoms with E-state index in [1.54, 1.807) is 11.3 Å². The van der Waals surface area contributed by atoms with Crippen LogP contribution in [0.4, 0.5) is 0 Å². The molecule has 0 bridgehead atoms. The lowest BCUT2D eigenvalue weighted by molar-refractivity contribution is -0.142. The van der Waals surface area contributed by atoms with Crippen molar-refractivity contribution in [2.45, 2.75) is 25.4 Å². The van der Waals surface area contributed by atoms with E-state index in [0.29, 0.717) is 5.19 Å². The third kappa shape index (κ3) is 4.89. The summed E-state index contributed by atoms with van der Waals surface area (Å²) in [7, 11) is 0. The van der Waals surface area contributed by atoms with E-state index in [9.17, 15) is 4.79 Å². The van der Waals surface area contributed by atoms with E-state index in [-0.39, 0.29) is 12.0 Å². The second kappa shape index (κ2) is 9.34. The van der Waals surface area contributed by atoms with E-state index in [4.69, 9.17) is 9.47 Å². The van der Waals surface area contributed by atoms with Gasteiger partial charge >= 0.3 is 0 Å². The molecule has 0 radical (unpaired) electrons. The number of hydrogen-bond acceptors (Lipinski definition) is 6. The highest BCUT2D eigenvalue weighted by Crippen LogP contribution is 2.31. The number of hydrogen-bond donors (Lipinski definition) is 0. The molecule has 7 heteroatoms. The maximum atomic E-state index is 12.5. The van der Waals surface area contributed by atoms with Crippen molar-refractivity contribution >= 4 is 27.5 Å². The second-order valence-electron chi connectivity index (χ2n) is 8.11. The third-order valence-electron chi connectivity index (χ3n) is 6.01. The number of benzene rings is 2. The zero-order valence-corrected chi connectivity index (χ0v) is 18.4. The Bertz CT molecular complexity index is 989. The molecule has 1 amide bonds. The molecule has 2 fully saturated rings. The van der Waals surface area contributed by atoms with E-state index >= 15 is 0 Å². The van der Waals surface area contributed by atoms with E-state index in [1.165, 1.54) is 5.56 Å². The number of para-hydroxylation sites is 1. The van der Waals surface area contributed by atoms with Gasteiger partial charge in [0.2, 0.25) is 0 Å². The average Bonchev–Trinajstić information content (AvgIpc) is 3.48. The minimum absolute atomic E-state index is 0.181. The highest BCUT2D eigenvalue weighted by Gasteiger charge is 2.30. The molecule has 2 saturated heterocycles. The normalized spacial score (nSPS) is 19.7. The maximum Gasteiger partial charge on any atom is 0.279 e.